The van der Waals surface area contributed by atoms with E-state index in [2.05, 4.69) is 46.0 Å². The average molecular weight is 213 g/mol. The second kappa shape index (κ2) is 7.89. The number of aliphatic hydroxyl groups is 1. The number of nitrogens with one attached hydrogen (secondary N) is 1. The standard InChI is InChI=1S/C13H27NO/c1-10(2)7-6-8-12(4)14-13(5)11(3)9-15/h7,11-15H,6,8-9H2,1-5H3. The molecule has 0 saturated carbocycles. The first-order valence-corrected chi connectivity index (χ1v) is 5.97. The lowest BCUT2D eigenvalue weighted by atomic mass is 10.0. The summed E-state index contributed by atoms with van der Waals surface area (Å²) in [5, 5.41) is 12.5. The zero-order chi connectivity index (χ0) is 11.8. The van der Waals surface area contributed by atoms with E-state index < -0.39 is 0 Å². The molecular weight excluding hydrogens is 186 g/mol. The molecule has 0 aromatic rings. The van der Waals surface area contributed by atoms with Crippen molar-refractivity contribution in [1.29, 1.82) is 0 Å². The Morgan fingerprint density at radius 1 is 1.27 bits per heavy atom. The first-order valence-electron chi connectivity index (χ1n) is 5.97. The molecule has 0 aromatic carbocycles. The minimum Gasteiger partial charge on any atom is -0.396 e. The van der Waals surface area contributed by atoms with E-state index >= 15 is 0 Å². The zero-order valence-electron chi connectivity index (χ0n) is 10.9. The summed E-state index contributed by atoms with van der Waals surface area (Å²) in [6, 6.07) is 0.904. The summed E-state index contributed by atoms with van der Waals surface area (Å²) in [5.41, 5.74) is 1.39. The number of hydrogen-bond acceptors (Lipinski definition) is 2. The van der Waals surface area contributed by atoms with Crippen LogP contribution in [0, 0.1) is 5.92 Å². The minimum atomic E-state index is 0.259. The molecule has 0 bridgehead atoms. The van der Waals surface area contributed by atoms with Crippen LogP contribution in [0.2, 0.25) is 0 Å². The molecular formula is C13H27NO. The molecule has 0 heterocycles. The van der Waals surface area contributed by atoms with Gasteiger partial charge >= 0.3 is 0 Å². The fourth-order valence-electron chi connectivity index (χ4n) is 1.48. The van der Waals surface area contributed by atoms with Crippen LogP contribution < -0.4 is 5.32 Å². The van der Waals surface area contributed by atoms with Crippen LogP contribution in [0.1, 0.15) is 47.5 Å². The van der Waals surface area contributed by atoms with E-state index in [1.165, 1.54) is 5.57 Å². The maximum absolute atomic E-state index is 9.02. The van der Waals surface area contributed by atoms with Gasteiger partial charge in [0, 0.05) is 18.7 Å². The average Bonchev–Trinajstić information content (AvgIpc) is 2.15. The van der Waals surface area contributed by atoms with E-state index in [1.807, 2.05) is 0 Å². The Morgan fingerprint density at radius 3 is 2.33 bits per heavy atom. The normalized spacial score (nSPS) is 16.9. The van der Waals surface area contributed by atoms with Crippen molar-refractivity contribution < 1.29 is 5.11 Å². The van der Waals surface area contributed by atoms with Crippen molar-refractivity contribution in [2.75, 3.05) is 6.61 Å². The largest absolute Gasteiger partial charge is 0.396 e. The van der Waals surface area contributed by atoms with E-state index in [9.17, 15) is 0 Å². The van der Waals surface area contributed by atoms with Crippen molar-refractivity contribution >= 4 is 0 Å². The van der Waals surface area contributed by atoms with Gasteiger partial charge in [0.05, 0.1) is 0 Å². The molecule has 0 rings (SSSR count). The second-order valence-corrected chi connectivity index (χ2v) is 4.88. The molecule has 0 radical (unpaired) electrons. The van der Waals surface area contributed by atoms with Gasteiger partial charge in [-0.2, -0.15) is 0 Å². The monoisotopic (exact) mass is 213 g/mol. The predicted octanol–water partition coefficient (Wildman–Crippen LogP) is 2.73. The third kappa shape index (κ3) is 7.57. The first kappa shape index (κ1) is 14.7. The summed E-state index contributed by atoms with van der Waals surface area (Å²) in [5.74, 6) is 0.330. The van der Waals surface area contributed by atoms with Crippen LogP contribution in [0.3, 0.4) is 0 Å². The number of hydrogen-bond donors (Lipinski definition) is 2. The van der Waals surface area contributed by atoms with E-state index in [4.69, 9.17) is 5.11 Å². The third-order valence-electron chi connectivity index (χ3n) is 2.84. The van der Waals surface area contributed by atoms with Crippen LogP contribution in [-0.2, 0) is 0 Å². The molecule has 90 valence electrons. The van der Waals surface area contributed by atoms with Crippen LogP contribution in [0.5, 0.6) is 0 Å². The molecule has 0 fully saturated rings. The second-order valence-electron chi connectivity index (χ2n) is 4.88. The van der Waals surface area contributed by atoms with E-state index in [0.29, 0.717) is 18.0 Å². The van der Waals surface area contributed by atoms with Crippen molar-refractivity contribution in [2.45, 2.75) is 59.5 Å². The number of allylic oxidation sites excluding steroid dienone is 2. The van der Waals surface area contributed by atoms with Crippen molar-refractivity contribution in [3.63, 3.8) is 0 Å². The Hall–Kier alpha value is -0.340. The van der Waals surface area contributed by atoms with Gasteiger partial charge in [0.25, 0.3) is 0 Å². The van der Waals surface area contributed by atoms with Gasteiger partial charge in [-0.1, -0.05) is 18.6 Å². The van der Waals surface area contributed by atoms with Gasteiger partial charge in [-0.05, 0) is 46.5 Å². The summed E-state index contributed by atoms with van der Waals surface area (Å²) in [4.78, 5) is 0. The van der Waals surface area contributed by atoms with Gasteiger partial charge in [0.15, 0.2) is 0 Å². The molecule has 0 aromatic heterocycles. The highest BCUT2D eigenvalue weighted by Gasteiger charge is 2.12. The molecule has 0 spiro atoms. The highest BCUT2D eigenvalue weighted by atomic mass is 16.3. The Balaban J connectivity index is 3.73. The molecule has 0 aliphatic carbocycles. The number of aliphatic hydroxyl groups excluding tert-OH is 1. The Bertz CT molecular complexity index is 185. The van der Waals surface area contributed by atoms with Gasteiger partial charge in [-0.15, -0.1) is 0 Å². The maximum atomic E-state index is 9.02. The summed E-state index contributed by atoms with van der Waals surface area (Å²) in [7, 11) is 0. The van der Waals surface area contributed by atoms with Gasteiger partial charge in [0.1, 0.15) is 0 Å². The summed E-state index contributed by atoms with van der Waals surface area (Å²) in [6.07, 6.45) is 4.57. The third-order valence-corrected chi connectivity index (χ3v) is 2.84. The molecule has 15 heavy (non-hydrogen) atoms. The lowest BCUT2D eigenvalue weighted by Crippen LogP contribution is -2.39. The lowest BCUT2D eigenvalue weighted by Gasteiger charge is -2.23. The smallest absolute Gasteiger partial charge is 0.0471 e. The van der Waals surface area contributed by atoms with Crippen molar-refractivity contribution in [3.05, 3.63) is 11.6 Å². The van der Waals surface area contributed by atoms with Crippen molar-refractivity contribution in [2.24, 2.45) is 5.92 Å². The fourth-order valence-corrected chi connectivity index (χ4v) is 1.48. The van der Waals surface area contributed by atoms with E-state index in [0.717, 1.165) is 12.8 Å². The van der Waals surface area contributed by atoms with Crippen molar-refractivity contribution in [3.8, 4) is 0 Å². The number of rotatable bonds is 7. The van der Waals surface area contributed by atoms with Crippen LogP contribution in [0.15, 0.2) is 11.6 Å². The molecule has 0 saturated heterocycles. The summed E-state index contributed by atoms with van der Waals surface area (Å²) < 4.78 is 0. The minimum absolute atomic E-state index is 0.259. The summed E-state index contributed by atoms with van der Waals surface area (Å²) >= 11 is 0. The topological polar surface area (TPSA) is 32.3 Å². The molecule has 3 unspecified atom stereocenters. The van der Waals surface area contributed by atoms with Crippen molar-refractivity contribution in [1.82, 2.24) is 5.32 Å². The summed E-state index contributed by atoms with van der Waals surface area (Å²) in [6.45, 7) is 10.9. The quantitative estimate of drug-likeness (QED) is 0.637. The van der Waals surface area contributed by atoms with Gasteiger partial charge in [-0.3, -0.25) is 0 Å². The molecule has 0 aliphatic rings. The lowest BCUT2D eigenvalue weighted by molar-refractivity contribution is 0.201. The Kier molecular flexibility index (Phi) is 7.71. The first-order chi connectivity index (χ1) is 6.97. The van der Waals surface area contributed by atoms with Gasteiger partial charge in [0.2, 0.25) is 0 Å². The predicted molar refractivity (Wildman–Crippen MR) is 67.0 cm³/mol. The molecule has 2 heteroatoms. The molecule has 0 amide bonds. The SMILES string of the molecule is CC(C)=CCCC(C)NC(C)C(C)CO. The molecule has 0 aliphatic heterocycles. The highest BCUT2D eigenvalue weighted by molar-refractivity contribution is 4.93. The maximum Gasteiger partial charge on any atom is 0.0471 e. The molecule has 2 N–H and O–H groups in total. The van der Waals surface area contributed by atoms with Crippen LogP contribution in [0.25, 0.3) is 0 Å². The van der Waals surface area contributed by atoms with Crippen LogP contribution >= 0.6 is 0 Å². The zero-order valence-corrected chi connectivity index (χ0v) is 10.9. The highest BCUT2D eigenvalue weighted by Crippen LogP contribution is 2.06. The van der Waals surface area contributed by atoms with Crippen LogP contribution in [-0.4, -0.2) is 23.8 Å². The molecule has 3 atom stereocenters. The van der Waals surface area contributed by atoms with Gasteiger partial charge < -0.3 is 10.4 Å². The van der Waals surface area contributed by atoms with E-state index in [1.54, 1.807) is 0 Å². The Labute approximate surface area is 94.8 Å². The Morgan fingerprint density at radius 2 is 1.87 bits per heavy atom. The fraction of sp³-hybridized carbons (Fsp3) is 0.846. The van der Waals surface area contributed by atoms with Crippen LogP contribution in [0.4, 0.5) is 0 Å². The van der Waals surface area contributed by atoms with Gasteiger partial charge in [-0.25, -0.2) is 0 Å². The molecule has 2 nitrogen and oxygen atoms in total. The van der Waals surface area contributed by atoms with E-state index in [-0.39, 0.29) is 6.61 Å².